The van der Waals surface area contributed by atoms with Crippen molar-refractivity contribution in [3.8, 4) is 11.5 Å². The maximum Gasteiger partial charge on any atom is 0.274 e. The molecule has 0 saturated heterocycles. The van der Waals surface area contributed by atoms with Crippen molar-refractivity contribution >= 4 is 28.9 Å². The minimum Gasteiger partial charge on any atom is -0.496 e. The van der Waals surface area contributed by atoms with Gasteiger partial charge < -0.3 is 20.1 Å². The Morgan fingerprint density at radius 3 is 2.54 bits per heavy atom. The molecule has 2 aromatic carbocycles. The van der Waals surface area contributed by atoms with E-state index in [1.54, 1.807) is 43.6 Å². The van der Waals surface area contributed by atoms with Gasteiger partial charge in [-0.1, -0.05) is 29.8 Å². The molecule has 1 heterocycles. The second-order valence-electron chi connectivity index (χ2n) is 5.90. The number of methoxy groups -OCH3 is 2. The summed E-state index contributed by atoms with van der Waals surface area (Å²) in [7, 11) is 3.17. The third-order valence-corrected chi connectivity index (χ3v) is 4.37. The number of carbonyl (C=O) groups excluding carboxylic acids is 1. The average molecular weight is 398 g/mol. The van der Waals surface area contributed by atoms with Gasteiger partial charge in [-0.3, -0.25) is 9.78 Å². The summed E-state index contributed by atoms with van der Waals surface area (Å²) in [6.07, 6.45) is 1.58. The van der Waals surface area contributed by atoms with E-state index in [9.17, 15) is 4.79 Å². The van der Waals surface area contributed by atoms with Crippen LogP contribution in [0.15, 0.2) is 60.8 Å². The summed E-state index contributed by atoms with van der Waals surface area (Å²) in [6.45, 7) is 0.559. The maximum atomic E-state index is 12.5. The SMILES string of the molecule is COc1ccc(NC(=O)c2cc(NCc3ccccc3OC)ccn2)cc1Cl. The van der Waals surface area contributed by atoms with Crippen LogP contribution in [0.5, 0.6) is 11.5 Å². The van der Waals surface area contributed by atoms with E-state index in [0.29, 0.717) is 23.0 Å². The highest BCUT2D eigenvalue weighted by atomic mass is 35.5. The van der Waals surface area contributed by atoms with Gasteiger partial charge in [0.15, 0.2) is 0 Å². The standard InChI is InChI=1S/C21H20ClN3O3/c1-27-19-6-4-3-5-14(19)13-24-15-9-10-23-18(12-15)21(26)25-16-7-8-20(28-2)17(22)11-16/h3-12H,13H2,1-2H3,(H,23,24)(H,25,26). The fourth-order valence-electron chi connectivity index (χ4n) is 2.65. The molecule has 0 bridgehead atoms. The highest BCUT2D eigenvalue weighted by Crippen LogP contribution is 2.27. The number of anilines is 2. The minimum atomic E-state index is -0.331. The molecule has 0 spiro atoms. The van der Waals surface area contributed by atoms with Crippen LogP contribution >= 0.6 is 11.6 Å². The first-order chi connectivity index (χ1) is 13.6. The van der Waals surface area contributed by atoms with Gasteiger partial charge in [0, 0.05) is 29.7 Å². The van der Waals surface area contributed by atoms with Crippen LogP contribution in [-0.2, 0) is 6.54 Å². The van der Waals surface area contributed by atoms with Crippen molar-refractivity contribution in [1.29, 1.82) is 0 Å². The lowest BCUT2D eigenvalue weighted by Crippen LogP contribution is -2.14. The largest absolute Gasteiger partial charge is 0.496 e. The molecule has 0 aliphatic carbocycles. The number of benzene rings is 2. The zero-order valence-electron chi connectivity index (χ0n) is 15.5. The Bertz CT molecular complexity index is 979. The van der Waals surface area contributed by atoms with E-state index in [0.717, 1.165) is 17.0 Å². The molecule has 3 rings (SSSR count). The lowest BCUT2D eigenvalue weighted by atomic mass is 10.2. The van der Waals surface area contributed by atoms with E-state index >= 15 is 0 Å². The summed E-state index contributed by atoms with van der Waals surface area (Å²) in [6, 6.07) is 16.3. The van der Waals surface area contributed by atoms with Crippen LogP contribution < -0.4 is 20.1 Å². The minimum absolute atomic E-state index is 0.289. The highest BCUT2D eigenvalue weighted by molar-refractivity contribution is 6.32. The number of aromatic nitrogens is 1. The molecular formula is C21H20ClN3O3. The zero-order chi connectivity index (χ0) is 19.9. The number of hydrogen-bond acceptors (Lipinski definition) is 5. The molecule has 0 unspecified atom stereocenters. The monoisotopic (exact) mass is 397 g/mol. The number of ether oxygens (including phenoxy) is 2. The topological polar surface area (TPSA) is 72.5 Å². The molecular weight excluding hydrogens is 378 g/mol. The van der Waals surface area contributed by atoms with Crippen molar-refractivity contribution in [2.75, 3.05) is 24.9 Å². The first-order valence-corrected chi connectivity index (χ1v) is 8.95. The third-order valence-electron chi connectivity index (χ3n) is 4.08. The van der Waals surface area contributed by atoms with Gasteiger partial charge >= 0.3 is 0 Å². The highest BCUT2D eigenvalue weighted by Gasteiger charge is 2.10. The van der Waals surface area contributed by atoms with Crippen molar-refractivity contribution in [1.82, 2.24) is 4.98 Å². The van der Waals surface area contributed by atoms with Crippen molar-refractivity contribution in [2.24, 2.45) is 0 Å². The van der Waals surface area contributed by atoms with Gasteiger partial charge in [0.2, 0.25) is 0 Å². The first kappa shape index (κ1) is 19.5. The van der Waals surface area contributed by atoms with E-state index in [1.807, 2.05) is 24.3 Å². The number of pyridine rings is 1. The molecule has 6 nitrogen and oxygen atoms in total. The molecule has 1 amide bonds. The molecule has 0 radical (unpaired) electrons. The predicted molar refractivity (Wildman–Crippen MR) is 111 cm³/mol. The van der Waals surface area contributed by atoms with Gasteiger partial charge in [-0.15, -0.1) is 0 Å². The molecule has 3 aromatic rings. The van der Waals surface area contributed by atoms with Crippen LogP contribution in [0.4, 0.5) is 11.4 Å². The number of rotatable bonds is 7. The number of nitrogens with one attached hydrogen (secondary N) is 2. The van der Waals surface area contributed by atoms with Crippen molar-refractivity contribution in [2.45, 2.75) is 6.54 Å². The predicted octanol–water partition coefficient (Wildman–Crippen LogP) is 4.62. The van der Waals surface area contributed by atoms with E-state index in [4.69, 9.17) is 21.1 Å². The number of para-hydroxylation sites is 1. The third kappa shape index (κ3) is 4.72. The van der Waals surface area contributed by atoms with Crippen LogP contribution in [-0.4, -0.2) is 25.1 Å². The van der Waals surface area contributed by atoms with Crippen molar-refractivity contribution in [3.63, 3.8) is 0 Å². The summed E-state index contributed by atoms with van der Waals surface area (Å²) < 4.78 is 10.5. The Labute approximate surface area is 168 Å². The van der Waals surface area contributed by atoms with Crippen LogP contribution in [0.1, 0.15) is 16.1 Å². The fraction of sp³-hybridized carbons (Fsp3) is 0.143. The summed E-state index contributed by atoms with van der Waals surface area (Å²) in [5.41, 5.74) is 2.64. The molecule has 1 aromatic heterocycles. The van der Waals surface area contributed by atoms with Crippen LogP contribution in [0.2, 0.25) is 5.02 Å². The number of carbonyl (C=O) groups is 1. The van der Waals surface area contributed by atoms with Crippen LogP contribution in [0, 0.1) is 0 Å². The Balaban J connectivity index is 1.68. The summed E-state index contributed by atoms with van der Waals surface area (Å²) >= 11 is 6.10. The van der Waals surface area contributed by atoms with Crippen LogP contribution in [0.25, 0.3) is 0 Å². The lowest BCUT2D eigenvalue weighted by Gasteiger charge is -2.11. The van der Waals surface area contributed by atoms with Gasteiger partial charge in [0.25, 0.3) is 5.91 Å². The Morgan fingerprint density at radius 1 is 1.00 bits per heavy atom. The smallest absolute Gasteiger partial charge is 0.274 e. The van der Waals surface area contributed by atoms with Gasteiger partial charge in [0.1, 0.15) is 17.2 Å². The molecule has 28 heavy (non-hydrogen) atoms. The van der Waals surface area contributed by atoms with E-state index < -0.39 is 0 Å². The molecule has 0 saturated carbocycles. The van der Waals surface area contributed by atoms with Gasteiger partial charge in [-0.05, 0) is 36.4 Å². The second kappa shape index (κ2) is 9.10. The summed E-state index contributed by atoms with van der Waals surface area (Å²) in [5, 5.41) is 6.48. The second-order valence-corrected chi connectivity index (χ2v) is 6.31. The van der Waals surface area contributed by atoms with Crippen molar-refractivity contribution < 1.29 is 14.3 Å². The molecule has 0 aliphatic heterocycles. The quantitative estimate of drug-likeness (QED) is 0.608. The number of amides is 1. The Morgan fingerprint density at radius 2 is 1.79 bits per heavy atom. The fourth-order valence-corrected chi connectivity index (χ4v) is 2.91. The number of halogens is 1. The number of hydrogen-bond donors (Lipinski definition) is 2. The Hall–Kier alpha value is -3.25. The molecule has 0 aliphatic rings. The molecule has 0 atom stereocenters. The van der Waals surface area contributed by atoms with Crippen molar-refractivity contribution in [3.05, 3.63) is 77.1 Å². The average Bonchev–Trinajstić information content (AvgIpc) is 2.73. The van der Waals surface area contributed by atoms with E-state index in [2.05, 4.69) is 15.6 Å². The normalized spacial score (nSPS) is 10.2. The molecule has 0 fully saturated rings. The van der Waals surface area contributed by atoms with Crippen LogP contribution in [0.3, 0.4) is 0 Å². The van der Waals surface area contributed by atoms with Gasteiger partial charge in [-0.25, -0.2) is 0 Å². The Kier molecular flexibility index (Phi) is 6.34. The number of nitrogens with zero attached hydrogens (tertiary/aromatic N) is 1. The lowest BCUT2D eigenvalue weighted by molar-refractivity contribution is 0.102. The summed E-state index contributed by atoms with van der Waals surface area (Å²) in [4.78, 5) is 16.7. The molecule has 2 N–H and O–H groups in total. The molecule has 7 heteroatoms. The summed E-state index contributed by atoms with van der Waals surface area (Å²) in [5.74, 6) is 1.01. The molecule has 144 valence electrons. The van der Waals surface area contributed by atoms with E-state index in [-0.39, 0.29) is 11.6 Å². The van der Waals surface area contributed by atoms with E-state index in [1.165, 1.54) is 7.11 Å². The zero-order valence-corrected chi connectivity index (χ0v) is 16.3. The maximum absolute atomic E-state index is 12.5. The van der Waals surface area contributed by atoms with Gasteiger partial charge in [0.05, 0.1) is 19.2 Å². The van der Waals surface area contributed by atoms with Gasteiger partial charge in [-0.2, -0.15) is 0 Å². The first-order valence-electron chi connectivity index (χ1n) is 8.57.